The third-order valence-electron chi connectivity index (χ3n) is 5.24. The van der Waals surface area contributed by atoms with Gasteiger partial charge < -0.3 is 25.3 Å². The van der Waals surface area contributed by atoms with Gasteiger partial charge in [-0.1, -0.05) is 26.0 Å². The van der Waals surface area contributed by atoms with Crippen LogP contribution in [0.2, 0.25) is 0 Å². The van der Waals surface area contributed by atoms with Gasteiger partial charge in [-0.15, -0.1) is 0 Å². The maximum absolute atomic E-state index is 12.4. The lowest BCUT2D eigenvalue weighted by Gasteiger charge is -2.12. The minimum absolute atomic E-state index is 0.0731. The molecule has 1 atom stereocenters. The third-order valence-corrected chi connectivity index (χ3v) is 5.24. The Morgan fingerprint density at radius 3 is 2.21 bits per heavy atom. The zero-order valence-corrected chi connectivity index (χ0v) is 21.0. The molecule has 0 fully saturated rings. The number of aliphatic carboxylic acids is 2. The van der Waals surface area contributed by atoms with Crippen LogP contribution in [0, 0.1) is 0 Å². The topological polar surface area (TPSA) is 188 Å². The number of H-pyrrole nitrogens is 1. The Hall–Kier alpha value is -4.69. The van der Waals surface area contributed by atoms with Crippen molar-refractivity contribution in [3.05, 3.63) is 48.0 Å². The van der Waals surface area contributed by atoms with Gasteiger partial charge in [-0.2, -0.15) is 18.3 Å². The molecule has 15 heteroatoms. The molecule has 0 saturated heterocycles. The number of aromatic nitrogens is 3. The van der Waals surface area contributed by atoms with Crippen LogP contribution in [-0.4, -0.2) is 67.4 Å². The largest absolute Gasteiger partial charge is 0.490 e. The first-order valence-corrected chi connectivity index (χ1v) is 11.5. The number of carboxylic acid groups (broad SMARTS) is 2. The number of carbonyl (C=O) groups is 4. The van der Waals surface area contributed by atoms with Gasteiger partial charge in [0.05, 0.1) is 11.9 Å². The molecule has 0 bridgehead atoms. The second kappa shape index (κ2) is 13.2. The summed E-state index contributed by atoms with van der Waals surface area (Å²) in [5.41, 5.74) is 1.94. The van der Waals surface area contributed by atoms with Crippen LogP contribution in [0.1, 0.15) is 54.7 Å². The van der Waals surface area contributed by atoms with Crippen LogP contribution in [0.3, 0.4) is 0 Å². The first kappa shape index (κ1) is 30.5. The molecule has 0 aliphatic heterocycles. The van der Waals surface area contributed by atoms with Crippen LogP contribution < -0.4 is 10.6 Å². The van der Waals surface area contributed by atoms with Crippen LogP contribution in [-0.2, 0) is 9.59 Å². The number of oxazole rings is 1. The lowest BCUT2D eigenvalue weighted by atomic mass is 10.1. The number of nitrogens with one attached hydrogen (secondary N) is 3. The summed E-state index contributed by atoms with van der Waals surface area (Å²) in [5.74, 6) is -4.37. The number of rotatable bonds is 9. The number of carbonyl (C=O) groups excluding carboxylic acids is 2. The molecule has 5 N–H and O–H groups in total. The van der Waals surface area contributed by atoms with Crippen molar-refractivity contribution in [2.45, 2.75) is 51.9 Å². The van der Waals surface area contributed by atoms with Crippen molar-refractivity contribution in [1.29, 1.82) is 0 Å². The number of carboxylic acids is 2. The maximum atomic E-state index is 12.4. The van der Waals surface area contributed by atoms with Crippen LogP contribution in [0.4, 0.5) is 13.2 Å². The van der Waals surface area contributed by atoms with E-state index in [0.717, 1.165) is 12.8 Å². The highest BCUT2D eigenvalue weighted by atomic mass is 19.4. The fraction of sp³-hybridized carbons (Fsp3) is 0.333. The van der Waals surface area contributed by atoms with Crippen LogP contribution >= 0.6 is 0 Å². The van der Waals surface area contributed by atoms with Crippen molar-refractivity contribution in [2.24, 2.45) is 0 Å². The first-order chi connectivity index (χ1) is 18.3. The van der Waals surface area contributed by atoms with E-state index in [1.165, 1.54) is 19.2 Å². The van der Waals surface area contributed by atoms with E-state index in [2.05, 4.69) is 25.8 Å². The molecule has 0 aliphatic rings. The second-order valence-corrected chi connectivity index (χ2v) is 8.10. The van der Waals surface area contributed by atoms with Gasteiger partial charge in [0.2, 0.25) is 11.7 Å². The summed E-state index contributed by atoms with van der Waals surface area (Å²) in [6, 6.07) is 7.69. The summed E-state index contributed by atoms with van der Waals surface area (Å²) in [5, 5.41) is 28.1. The van der Waals surface area contributed by atoms with Gasteiger partial charge in [-0.25, -0.2) is 9.78 Å². The zero-order chi connectivity index (χ0) is 29.3. The van der Waals surface area contributed by atoms with Gasteiger partial charge in [0.25, 0.3) is 11.8 Å². The Morgan fingerprint density at radius 2 is 1.64 bits per heavy atom. The Balaban J connectivity index is 0.000000673. The minimum Gasteiger partial charge on any atom is -0.480 e. The van der Waals surface area contributed by atoms with Crippen molar-refractivity contribution >= 4 is 23.8 Å². The summed E-state index contributed by atoms with van der Waals surface area (Å²) in [6.07, 6.45) is -2.05. The monoisotopic (exact) mass is 553 g/mol. The average molecular weight is 553 g/mol. The van der Waals surface area contributed by atoms with Gasteiger partial charge in [0, 0.05) is 17.2 Å². The lowest BCUT2D eigenvalue weighted by Crippen LogP contribution is -2.38. The molecule has 2 aromatic heterocycles. The van der Waals surface area contributed by atoms with Gasteiger partial charge >= 0.3 is 18.1 Å². The number of halogens is 3. The van der Waals surface area contributed by atoms with Crippen LogP contribution in [0.15, 0.2) is 40.9 Å². The smallest absolute Gasteiger partial charge is 0.480 e. The highest BCUT2D eigenvalue weighted by molar-refractivity contribution is 5.95. The van der Waals surface area contributed by atoms with Gasteiger partial charge in [-0.05, 0) is 38.0 Å². The number of amides is 2. The average Bonchev–Trinajstić information content (AvgIpc) is 3.58. The van der Waals surface area contributed by atoms with Crippen molar-refractivity contribution in [3.8, 4) is 22.7 Å². The molecule has 39 heavy (non-hydrogen) atoms. The first-order valence-electron chi connectivity index (χ1n) is 11.5. The summed E-state index contributed by atoms with van der Waals surface area (Å²) in [7, 11) is 0. The Labute approximate surface area is 219 Å². The molecule has 1 aromatic carbocycles. The molecular formula is C24H26F3N5O7. The maximum Gasteiger partial charge on any atom is 0.490 e. The standard InChI is InChI=1S/C22H25N5O5.C2HF3O2/c1-4-15(5-2)25-20(29)18-11-23-21(32-18)14-8-6-7-13(9-14)16-10-17(27-26-16)19(28)24-12(3)22(30)31;3-2(4,5)1(6)7/h6-12,15H,4-5H2,1-3H3,(H,24,28)(H,25,29)(H,26,27)(H,30,31);(H,6,7). The summed E-state index contributed by atoms with van der Waals surface area (Å²) >= 11 is 0. The predicted molar refractivity (Wildman–Crippen MR) is 130 cm³/mol. The van der Waals surface area contributed by atoms with Crippen molar-refractivity contribution in [3.63, 3.8) is 0 Å². The number of alkyl halides is 3. The lowest BCUT2D eigenvalue weighted by molar-refractivity contribution is -0.192. The second-order valence-electron chi connectivity index (χ2n) is 8.10. The van der Waals surface area contributed by atoms with Gasteiger partial charge in [-0.3, -0.25) is 19.5 Å². The third kappa shape index (κ3) is 8.69. The molecule has 0 aliphatic carbocycles. The Morgan fingerprint density at radius 1 is 1.03 bits per heavy atom. The molecule has 12 nitrogen and oxygen atoms in total. The SMILES string of the molecule is CCC(CC)NC(=O)c1cnc(-c2cccc(-c3cc(C(=O)NC(C)C(=O)O)[nH]n3)c2)o1.O=C(O)C(F)(F)F. The normalized spacial score (nSPS) is 11.8. The van der Waals surface area contributed by atoms with Crippen molar-refractivity contribution in [1.82, 2.24) is 25.8 Å². The zero-order valence-electron chi connectivity index (χ0n) is 21.0. The summed E-state index contributed by atoms with van der Waals surface area (Å²) in [6.45, 7) is 5.38. The van der Waals surface area contributed by atoms with E-state index in [9.17, 15) is 27.6 Å². The number of aromatic amines is 1. The number of benzene rings is 1. The van der Waals surface area contributed by atoms with E-state index in [0.29, 0.717) is 16.8 Å². The Kier molecular flexibility index (Phi) is 10.3. The van der Waals surface area contributed by atoms with Gasteiger partial charge in [0.15, 0.2) is 0 Å². The molecule has 3 rings (SSSR count). The number of hydrogen-bond acceptors (Lipinski definition) is 7. The molecule has 0 radical (unpaired) electrons. The van der Waals surface area contributed by atoms with Crippen LogP contribution in [0.25, 0.3) is 22.7 Å². The minimum atomic E-state index is -5.08. The molecule has 0 saturated carbocycles. The molecule has 2 amide bonds. The molecule has 0 spiro atoms. The highest BCUT2D eigenvalue weighted by Crippen LogP contribution is 2.25. The molecule has 1 unspecified atom stereocenters. The predicted octanol–water partition coefficient (Wildman–Crippen LogP) is 3.49. The number of hydrogen-bond donors (Lipinski definition) is 5. The fourth-order valence-corrected chi connectivity index (χ4v) is 3.00. The van der Waals surface area contributed by atoms with E-state index in [-0.39, 0.29) is 29.3 Å². The Bertz CT molecular complexity index is 1320. The summed E-state index contributed by atoms with van der Waals surface area (Å²) < 4.78 is 37.4. The molecule has 3 aromatic rings. The fourth-order valence-electron chi connectivity index (χ4n) is 3.00. The van der Waals surface area contributed by atoms with E-state index in [1.807, 2.05) is 13.8 Å². The van der Waals surface area contributed by atoms with Gasteiger partial charge in [0.1, 0.15) is 11.7 Å². The molecular weight excluding hydrogens is 527 g/mol. The quantitative estimate of drug-likeness (QED) is 0.264. The highest BCUT2D eigenvalue weighted by Gasteiger charge is 2.38. The van der Waals surface area contributed by atoms with E-state index in [4.69, 9.17) is 19.4 Å². The van der Waals surface area contributed by atoms with Crippen molar-refractivity contribution < 1.29 is 47.0 Å². The number of nitrogens with zero attached hydrogens (tertiary/aromatic N) is 2. The van der Waals surface area contributed by atoms with E-state index >= 15 is 0 Å². The molecule has 210 valence electrons. The molecule has 2 heterocycles. The van der Waals surface area contributed by atoms with Crippen molar-refractivity contribution in [2.75, 3.05) is 0 Å². The summed E-state index contributed by atoms with van der Waals surface area (Å²) in [4.78, 5) is 48.5. The van der Waals surface area contributed by atoms with Crippen LogP contribution in [0.5, 0.6) is 0 Å². The van der Waals surface area contributed by atoms with E-state index in [1.54, 1.807) is 24.3 Å². The van der Waals surface area contributed by atoms with E-state index < -0.39 is 30.1 Å².